The zero-order valence-electron chi connectivity index (χ0n) is 20.5. The van der Waals surface area contributed by atoms with Crippen LogP contribution in [0.2, 0.25) is 0 Å². The minimum absolute atomic E-state index is 0.152. The smallest absolute Gasteiger partial charge is 0.262 e. The third kappa shape index (κ3) is 5.45. The molecule has 0 saturated heterocycles. The Bertz CT molecular complexity index is 1630. The third-order valence-electron chi connectivity index (χ3n) is 5.58. The first-order valence-electron chi connectivity index (χ1n) is 11.3. The minimum atomic E-state index is -3.84. The molecule has 1 N–H and O–H groups in total. The van der Waals surface area contributed by atoms with Crippen LogP contribution in [0.25, 0.3) is 11.3 Å². The van der Waals surface area contributed by atoms with Gasteiger partial charge in [0.1, 0.15) is 14.2 Å². The molecule has 178 valence electrons. The molecule has 1 aromatic carbocycles. The van der Waals surface area contributed by atoms with Crippen molar-refractivity contribution in [2.75, 3.05) is 4.72 Å². The second kappa shape index (κ2) is 10.3. The summed E-state index contributed by atoms with van der Waals surface area (Å²) in [4.78, 5) is 17.6. The molecule has 2 radical (unpaired) electrons. The Kier molecular flexibility index (Phi) is 7.18. The quantitative estimate of drug-likeness (QED) is 0.338. The Morgan fingerprint density at radius 3 is 2.50 bits per heavy atom. The second-order valence-electron chi connectivity index (χ2n) is 8.32. The zero-order chi connectivity index (χ0) is 25.9. The van der Waals surface area contributed by atoms with Crippen LogP contribution in [0.5, 0.6) is 0 Å². The summed E-state index contributed by atoms with van der Waals surface area (Å²) in [5.41, 5.74) is 6.52. The number of anilines is 1. The van der Waals surface area contributed by atoms with Gasteiger partial charge in [0.05, 0.1) is 33.2 Å². The predicted octanol–water partition coefficient (Wildman–Crippen LogP) is 3.42. The van der Waals surface area contributed by atoms with E-state index in [-0.39, 0.29) is 4.90 Å². The number of benzene rings is 1. The lowest BCUT2D eigenvalue weighted by molar-refractivity contribution is 0.600. The van der Waals surface area contributed by atoms with E-state index in [2.05, 4.69) is 36.5 Å². The van der Waals surface area contributed by atoms with E-state index in [1.807, 2.05) is 26.0 Å². The molecule has 36 heavy (non-hydrogen) atoms. The van der Waals surface area contributed by atoms with Crippen molar-refractivity contribution in [3.63, 3.8) is 0 Å². The number of hydrogen-bond donors (Lipinski definition) is 1. The van der Waals surface area contributed by atoms with E-state index in [0.717, 1.165) is 22.6 Å². The molecule has 0 bridgehead atoms. The fraction of sp³-hybridized carbons (Fsp3) is 0.185. The van der Waals surface area contributed by atoms with E-state index in [9.17, 15) is 8.42 Å². The van der Waals surface area contributed by atoms with Gasteiger partial charge in [-0.15, -0.1) is 0 Å². The normalized spacial score (nSPS) is 11.0. The van der Waals surface area contributed by atoms with E-state index < -0.39 is 10.0 Å². The van der Waals surface area contributed by atoms with Crippen LogP contribution in [0.1, 0.15) is 40.7 Å². The van der Waals surface area contributed by atoms with Gasteiger partial charge in [0.15, 0.2) is 0 Å². The highest BCUT2D eigenvalue weighted by atomic mass is 32.2. The fourth-order valence-electron chi connectivity index (χ4n) is 3.75. The summed E-state index contributed by atoms with van der Waals surface area (Å²) in [6.07, 6.45) is 5.57. The van der Waals surface area contributed by atoms with E-state index in [1.165, 1.54) is 12.4 Å². The number of hydrogen-bond acceptors (Lipinski definition) is 6. The molecule has 0 atom stereocenters. The first-order valence-corrected chi connectivity index (χ1v) is 12.8. The Balaban J connectivity index is 1.72. The highest BCUT2D eigenvalue weighted by Crippen LogP contribution is 2.24. The fourth-order valence-corrected chi connectivity index (χ4v) is 5.08. The Hall–Kier alpha value is -4.03. The van der Waals surface area contributed by atoms with Gasteiger partial charge in [-0.3, -0.25) is 14.7 Å². The topological polar surface area (TPSA) is 97.7 Å². The van der Waals surface area contributed by atoms with Crippen molar-refractivity contribution >= 4 is 29.0 Å². The summed E-state index contributed by atoms with van der Waals surface area (Å²) < 4.78 is 28.7. The molecule has 0 unspecified atom stereocenters. The van der Waals surface area contributed by atoms with Crippen LogP contribution in [0.3, 0.4) is 0 Å². The van der Waals surface area contributed by atoms with E-state index in [1.54, 1.807) is 44.4 Å². The van der Waals surface area contributed by atoms with Crippen molar-refractivity contribution in [1.82, 2.24) is 19.9 Å². The highest BCUT2D eigenvalue weighted by molar-refractivity contribution is 7.92. The van der Waals surface area contributed by atoms with Gasteiger partial charge in [-0.1, -0.05) is 36.4 Å². The first-order chi connectivity index (χ1) is 17.2. The maximum Gasteiger partial charge on any atom is 0.262 e. The largest absolute Gasteiger partial charge is 0.278 e. The van der Waals surface area contributed by atoms with Crippen molar-refractivity contribution in [1.29, 1.82) is 0 Å². The second-order valence-corrected chi connectivity index (χ2v) is 9.97. The van der Waals surface area contributed by atoms with Crippen molar-refractivity contribution in [3.05, 3.63) is 88.9 Å². The molecule has 7 nitrogen and oxygen atoms in total. The van der Waals surface area contributed by atoms with Crippen LogP contribution >= 0.6 is 0 Å². The minimum Gasteiger partial charge on any atom is -0.278 e. The molecule has 0 amide bonds. The molecule has 0 aliphatic rings. The van der Waals surface area contributed by atoms with Crippen LogP contribution in [0.15, 0.2) is 60.0 Å². The molecule has 0 saturated carbocycles. The monoisotopic (exact) mass is 493 g/mol. The molecule has 4 rings (SSSR count). The lowest BCUT2D eigenvalue weighted by Crippen LogP contribution is -2.17. The Morgan fingerprint density at radius 1 is 0.972 bits per heavy atom. The summed E-state index contributed by atoms with van der Waals surface area (Å²) in [5.74, 6) is 6.31. The molecule has 0 aliphatic heterocycles. The van der Waals surface area contributed by atoms with Crippen molar-refractivity contribution in [2.24, 2.45) is 0 Å². The summed E-state index contributed by atoms with van der Waals surface area (Å²) in [6, 6.07) is 10.2. The number of sulfonamides is 1. The van der Waals surface area contributed by atoms with Crippen molar-refractivity contribution in [2.45, 2.75) is 39.0 Å². The molecule has 3 heterocycles. The number of nitrogens with one attached hydrogen (secondary N) is 1. The van der Waals surface area contributed by atoms with Crippen molar-refractivity contribution in [3.8, 4) is 23.1 Å². The van der Waals surface area contributed by atoms with E-state index in [4.69, 9.17) is 7.85 Å². The van der Waals surface area contributed by atoms with Gasteiger partial charge in [0.2, 0.25) is 0 Å². The average molecular weight is 493 g/mol. The molecule has 0 aliphatic carbocycles. The number of rotatable bonds is 5. The highest BCUT2D eigenvalue weighted by Gasteiger charge is 2.18. The molecule has 0 spiro atoms. The van der Waals surface area contributed by atoms with Gasteiger partial charge in [-0.05, 0) is 57.0 Å². The molecule has 3 aromatic heterocycles. The van der Waals surface area contributed by atoms with Gasteiger partial charge < -0.3 is 0 Å². The first kappa shape index (κ1) is 25.1. The van der Waals surface area contributed by atoms with Gasteiger partial charge in [0.25, 0.3) is 10.0 Å². The number of pyridine rings is 2. The number of nitrogens with zero attached hydrogens (tertiary/aromatic N) is 4. The zero-order valence-corrected chi connectivity index (χ0v) is 21.3. The average Bonchev–Trinajstić information content (AvgIpc) is 2.84. The standard InChI is InChI=1S/C27H24BN5O2S/c1-5-24-23(27(32-16-31-24)21-10-11-29-18(3)13-21)8-6-20-14-25(19(4)30-15-20)33-36(34,35)26-9-7-22(28)12-17(26)2/h7,9-16,33H,5H2,1-4H3. The van der Waals surface area contributed by atoms with Gasteiger partial charge in [-0.2, -0.15) is 0 Å². The van der Waals surface area contributed by atoms with E-state index >= 15 is 0 Å². The van der Waals surface area contributed by atoms with Crippen LogP contribution in [-0.4, -0.2) is 36.2 Å². The third-order valence-corrected chi connectivity index (χ3v) is 7.11. The predicted molar refractivity (Wildman–Crippen MR) is 142 cm³/mol. The van der Waals surface area contributed by atoms with Crippen LogP contribution in [0.4, 0.5) is 5.69 Å². The van der Waals surface area contributed by atoms with Crippen LogP contribution in [-0.2, 0) is 16.4 Å². The Morgan fingerprint density at radius 2 is 1.78 bits per heavy atom. The summed E-state index contributed by atoms with van der Waals surface area (Å²) in [5, 5.41) is 0. The molecule has 0 fully saturated rings. The van der Waals surface area contributed by atoms with Crippen LogP contribution < -0.4 is 10.2 Å². The molecular formula is C27H24BN5O2S. The van der Waals surface area contributed by atoms with Gasteiger partial charge in [0, 0.05) is 29.2 Å². The molecule has 4 aromatic rings. The van der Waals surface area contributed by atoms with Crippen molar-refractivity contribution < 1.29 is 8.42 Å². The number of aromatic nitrogens is 4. The lowest BCUT2D eigenvalue weighted by atomic mass is 9.95. The SMILES string of the molecule is [B]c1ccc(S(=O)(=O)Nc2cc(C#Cc3c(CC)ncnc3-c3ccnc(C)c3)cnc2C)c(C)c1. The number of aryl methyl sites for hydroxylation is 4. The van der Waals surface area contributed by atoms with Gasteiger partial charge >= 0.3 is 0 Å². The maximum absolute atomic E-state index is 13.1. The summed E-state index contributed by atoms with van der Waals surface area (Å²) >= 11 is 0. The maximum atomic E-state index is 13.1. The molecular weight excluding hydrogens is 469 g/mol. The lowest BCUT2D eigenvalue weighted by Gasteiger charge is -2.13. The van der Waals surface area contributed by atoms with Crippen LogP contribution in [0, 0.1) is 32.6 Å². The van der Waals surface area contributed by atoms with E-state index in [0.29, 0.717) is 40.0 Å². The van der Waals surface area contributed by atoms with Gasteiger partial charge in [-0.25, -0.2) is 18.4 Å². The Labute approximate surface area is 212 Å². The summed E-state index contributed by atoms with van der Waals surface area (Å²) in [6.45, 7) is 7.36. The summed E-state index contributed by atoms with van der Waals surface area (Å²) in [7, 11) is 1.93. The molecule has 9 heteroatoms.